The normalized spacial score (nSPS) is 11.6. The Hall–Kier alpha value is -0.590. The van der Waals surface area contributed by atoms with E-state index in [1.54, 1.807) is 0 Å². The molecule has 0 saturated heterocycles. The smallest absolute Gasteiger partial charge is 0.133 e. The van der Waals surface area contributed by atoms with E-state index in [9.17, 15) is 4.79 Å². The summed E-state index contributed by atoms with van der Waals surface area (Å²) in [5.74, 6) is 0.470. The van der Waals surface area contributed by atoms with Crippen molar-refractivity contribution in [3.8, 4) is 0 Å². The van der Waals surface area contributed by atoms with E-state index in [0.29, 0.717) is 5.78 Å². The molecule has 0 saturated carbocycles. The van der Waals surface area contributed by atoms with E-state index in [1.807, 2.05) is 0 Å². The summed E-state index contributed by atoms with van der Waals surface area (Å²) >= 11 is 0. The summed E-state index contributed by atoms with van der Waals surface area (Å²) in [6, 6.07) is 0. The van der Waals surface area contributed by atoms with Gasteiger partial charge in [0.1, 0.15) is 5.78 Å². The maximum atomic E-state index is 12.0. The number of hydrogen-bond donors (Lipinski definition) is 0. The van der Waals surface area contributed by atoms with Crippen LogP contribution in [0.4, 0.5) is 0 Å². The number of rotatable bonds is 33. The van der Waals surface area contributed by atoms with Crippen molar-refractivity contribution in [1.82, 2.24) is 0 Å². The van der Waals surface area contributed by atoms with Crippen molar-refractivity contribution >= 4 is 5.78 Å². The van der Waals surface area contributed by atoms with Gasteiger partial charge in [-0.2, -0.15) is 0 Å². The lowest BCUT2D eigenvalue weighted by Gasteiger charge is -2.04. The fourth-order valence-corrected chi connectivity index (χ4v) is 5.58. The topological polar surface area (TPSA) is 17.1 Å². The molecule has 1 nitrogen and oxygen atoms in total. The Morgan fingerprint density at radius 1 is 0.342 bits per heavy atom. The van der Waals surface area contributed by atoms with Crippen LogP contribution < -0.4 is 0 Å². The molecule has 0 fully saturated rings. The molecule has 0 aromatic heterocycles. The summed E-state index contributed by atoms with van der Waals surface area (Å²) in [5, 5.41) is 0. The number of unbranched alkanes of at least 4 members (excludes halogenated alkanes) is 27. The van der Waals surface area contributed by atoms with Crippen LogP contribution in [0.2, 0.25) is 0 Å². The van der Waals surface area contributed by atoms with Gasteiger partial charge < -0.3 is 0 Å². The van der Waals surface area contributed by atoms with Crippen molar-refractivity contribution in [3.63, 3.8) is 0 Å². The van der Waals surface area contributed by atoms with E-state index in [1.165, 1.54) is 180 Å². The molecule has 0 aliphatic heterocycles. The van der Waals surface area contributed by atoms with Crippen LogP contribution in [-0.4, -0.2) is 5.78 Å². The van der Waals surface area contributed by atoms with Crippen LogP contribution in [0.5, 0.6) is 0 Å². The van der Waals surface area contributed by atoms with E-state index >= 15 is 0 Å². The zero-order chi connectivity index (χ0) is 27.6. The van der Waals surface area contributed by atoms with Gasteiger partial charge in [0.05, 0.1) is 0 Å². The van der Waals surface area contributed by atoms with E-state index < -0.39 is 0 Å². The number of carbonyl (C=O) groups is 1. The Morgan fingerprint density at radius 3 is 1.00 bits per heavy atom. The second-order valence-corrected chi connectivity index (χ2v) is 12.3. The fourth-order valence-electron chi connectivity index (χ4n) is 5.58. The zero-order valence-corrected chi connectivity index (χ0v) is 26.7. The standard InChI is InChI=1S/C37H72O/c1-3-5-7-9-11-12-13-14-15-16-17-18-19-20-21-22-23-24-25-26-27-28-30-32-34-36-37(38)35-33-31-29-10-8-6-4-2/h29,31H,3-28,30,32-36H2,1-2H3. The van der Waals surface area contributed by atoms with Crippen LogP contribution >= 0.6 is 0 Å². The molecule has 0 N–H and O–H groups in total. The third-order valence-electron chi connectivity index (χ3n) is 8.29. The van der Waals surface area contributed by atoms with Crippen LogP contribution in [0.15, 0.2) is 12.2 Å². The van der Waals surface area contributed by atoms with Gasteiger partial charge in [0.25, 0.3) is 0 Å². The minimum absolute atomic E-state index is 0.470. The summed E-state index contributed by atoms with van der Waals surface area (Å²) in [6.07, 6.45) is 47.7. The predicted octanol–water partition coefficient (Wildman–Crippen LogP) is 13.6. The Morgan fingerprint density at radius 2 is 0.632 bits per heavy atom. The molecule has 0 amide bonds. The Balaban J connectivity index is 3.13. The lowest BCUT2D eigenvalue weighted by Crippen LogP contribution is -1.96. The van der Waals surface area contributed by atoms with Crippen molar-refractivity contribution < 1.29 is 4.79 Å². The third-order valence-corrected chi connectivity index (χ3v) is 8.29. The van der Waals surface area contributed by atoms with Crippen LogP contribution in [0.25, 0.3) is 0 Å². The first-order chi connectivity index (χ1) is 18.8. The number of Topliss-reactive ketones (excluding diaryl/α,β-unsaturated/α-hetero) is 1. The average Bonchev–Trinajstić information content (AvgIpc) is 2.92. The van der Waals surface area contributed by atoms with Crippen molar-refractivity contribution in [1.29, 1.82) is 0 Å². The quantitative estimate of drug-likeness (QED) is 0.0606. The van der Waals surface area contributed by atoms with Crippen LogP contribution in [0.1, 0.15) is 219 Å². The lowest BCUT2D eigenvalue weighted by atomic mass is 10.0. The van der Waals surface area contributed by atoms with Gasteiger partial charge in [0, 0.05) is 12.8 Å². The lowest BCUT2D eigenvalue weighted by molar-refractivity contribution is -0.119. The maximum Gasteiger partial charge on any atom is 0.133 e. The summed E-state index contributed by atoms with van der Waals surface area (Å²) in [7, 11) is 0. The van der Waals surface area contributed by atoms with Gasteiger partial charge in [-0.05, 0) is 25.7 Å². The molecule has 0 radical (unpaired) electrons. The van der Waals surface area contributed by atoms with Crippen molar-refractivity contribution in [3.05, 3.63) is 12.2 Å². The molecule has 0 unspecified atom stereocenters. The summed E-state index contributed by atoms with van der Waals surface area (Å²) in [6.45, 7) is 4.54. The van der Waals surface area contributed by atoms with Gasteiger partial charge in [0.15, 0.2) is 0 Å². The van der Waals surface area contributed by atoms with Gasteiger partial charge in [-0.1, -0.05) is 193 Å². The molecule has 0 heterocycles. The fraction of sp³-hybridized carbons (Fsp3) is 0.919. The molecular weight excluding hydrogens is 460 g/mol. The van der Waals surface area contributed by atoms with Crippen LogP contribution in [0, 0.1) is 0 Å². The van der Waals surface area contributed by atoms with Gasteiger partial charge in [0.2, 0.25) is 0 Å². The molecule has 0 rings (SSSR count). The highest BCUT2D eigenvalue weighted by atomic mass is 16.1. The van der Waals surface area contributed by atoms with Crippen molar-refractivity contribution in [2.45, 2.75) is 219 Å². The third kappa shape index (κ3) is 33.4. The SMILES string of the molecule is CCCCCC=CCCC(=O)CCCCCCCCCCCCCCCCCCCCCCCCCCC. The minimum atomic E-state index is 0.470. The molecule has 0 bridgehead atoms. The van der Waals surface area contributed by atoms with Crippen LogP contribution in [0.3, 0.4) is 0 Å². The largest absolute Gasteiger partial charge is 0.300 e. The second kappa shape index (κ2) is 34.4. The summed E-state index contributed by atoms with van der Waals surface area (Å²) in [4.78, 5) is 12.0. The average molecular weight is 533 g/mol. The molecule has 0 aromatic carbocycles. The molecule has 0 spiro atoms. The molecule has 38 heavy (non-hydrogen) atoms. The van der Waals surface area contributed by atoms with E-state index in [-0.39, 0.29) is 0 Å². The van der Waals surface area contributed by atoms with E-state index in [4.69, 9.17) is 0 Å². The Bertz CT molecular complexity index is 465. The number of carbonyl (C=O) groups excluding carboxylic acids is 1. The summed E-state index contributed by atoms with van der Waals surface area (Å²) in [5.41, 5.74) is 0. The van der Waals surface area contributed by atoms with E-state index in [0.717, 1.165) is 25.7 Å². The monoisotopic (exact) mass is 533 g/mol. The first-order valence-corrected chi connectivity index (χ1v) is 18.0. The molecule has 226 valence electrons. The van der Waals surface area contributed by atoms with Gasteiger partial charge in [-0.3, -0.25) is 4.79 Å². The predicted molar refractivity (Wildman–Crippen MR) is 173 cm³/mol. The number of ketones is 1. The van der Waals surface area contributed by atoms with E-state index in [2.05, 4.69) is 26.0 Å². The van der Waals surface area contributed by atoms with Gasteiger partial charge >= 0.3 is 0 Å². The molecular formula is C37H72O. The highest BCUT2D eigenvalue weighted by Gasteiger charge is 2.01. The second-order valence-electron chi connectivity index (χ2n) is 12.3. The zero-order valence-electron chi connectivity index (χ0n) is 26.7. The molecule has 0 aromatic rings. The first-order valence-electron chi connectivity index (χ1n) is 18.0. The minimum Gasteiger partial charge on any atom is -0.300 e. The number of allylic oxidation sites excluding steroid dienone is 2. The first kappa shape index (κ1) is 37.4. The molecule has 0 aliphatic carbocycles. The van der Waals surface area contributed by atoms with Crippen LogP contribution in [-0.2, 0) is 4.79 Å². The molecule has 0 atom stereocenters. The Labute approximate surface area is 241 Å². The van der Waals surface area contributed by atoms with Gasteiger partial charge in [-0.25, -0.2) is 0 Å². The Kier molecular flexibility index (Phi) is 33.9. The summed E-state index contributed by atoms with van der Waals surface area (Å²) < 4.78 is 0. The molecule has 0 aliphatic rings. The highest BCUT2D eigenvalue weighted by Crippen LogP contribution is 2.16. The number of hydrogen-bond acceptors (Lipinski definition) is 1. The molecule has 1 heteroatoms. The van der Waals surface area contributed by atoms with Crippen molar-refractivity contribution in [2.75, 3.05) is 0 Å². The van der Waals surface area contributed by atoms with Crippen molar-refractivity contribution in [2.24, 2.45) is 0 Å². The van der Waals surface area contributed by atoms with Gasteiger partial charge in [-0.15, -0.1) is 0 Å². The maximum absolute atomic E-state index is 12.0. The highest BCUT2D eigenvalue weighted by molar-refractivity contribution is 5.78.